The van der Waals surface area contributed by atoms with Gasteiger partial charge in [-0.2, -0.15) is 0 Å². The van der Waals surface area contributed by atoms with E-state index in [0.717, 1.165) is 21.7 Å². The van der Waals surface area contributed by atoms with Gasteiger partial charge in [0.2, 0.25) is 21.8 Å². The third kappa shape index (κ3) is 6.95. The lowest BCUT2D eigenvalue weighted by molar-refractivity contribution is -0.140. The van der Waals surface area contributed by atoms with E-state index in [1.54, 1.807) is 24.3 Å². The molecule has 0 aromatic heterocycles. The van der Waals surface area contributed by atoms with Gasteiger partial charge in [0.25, 0.3) is 0 Å². The summed E-state index contributed by atoms with van der Waals surface area (Å²) < 4.78 is 31.6. The Hall–Kier alpha value is -3.07. The molecule has 0 radical (unpaired) electrons. The Morgan fingerprint density at radius 2 is 1.79 bits per heavy atom. The van der Waals surface area contributed by atoms with Gasteiger partial charge in [-0.05, 0) is 38.0 Å². The Labute approximate surface area is 196 Å². The third-order valence-electron chi connectivity index (χ3n) is 5.21. The van der Waals surface area contributed by atoms with E-state index in [9.17, 15) is 18.0 Å². The molecule has 0 spiro atoms. The minimum Gasteiger partial charge on any atom is -0.495 e. The molecule has 0 heterocycles. The summed E-state index contributed by atoms with van der Waals surface area (Å²) in [5.41, 5.74) is 2.14. The second kappa shape index (κ2) is 11.7. The summed E-state index contributed by atoms with van der Waals surface area (Å²) in [5, 5.41) is 2.78. The molecular weight excluding hydrogens is 442 g/mol. The number of hydrogen-bond donors (Lipinski definition) is 1. The van der Waals surface area contributed by atoms with Crippen molar-refractivity contribution in [2.45, 2.75) is 39.8 Å². The van der Waals surface area contributed by atoms with E-state index in [1.165, 1.54) is 12.0 Å². The summed E-state index contributed by atoms with van der Waals surface area (Å²) in [5.74, 6) is -0.424. The van der Waals surface area contributed by atoms with Crippen LogP contribution in [0.1, 0.15) is 31.4 Å². The molecule has 9 heteroatoms. The van der Waals surface area contributed by atoms with Crippen molar-refractivity contribution in [3.8, 4) is 5.75 Å². The van der Waals surface area contributed by atoms with Crippen LogP contribution in [0, 0.1) is 6.92 Å². The van der Waals surface area contributed by atoms with Crippen molar-refractivity contribution < 1.29 is 22.7 Å². The number of anilines is 1. The number of benzene rings is 2. The van der Waals surface area contributed by atoms with Crippen molar-refractivity contribution >= 4 is 27.5 Å². The minimum absolute atomic E-state index is 0.180. The lowest BCUT2D eigenvalue weighted by Crippen LogP contribution is -2.52. The van der Waals surface area contributed by atoms with Gasteiger partial charge < -0.3 is 15.0 Å². The molecule has 1 atom stereocenters. The molecule has 180 valence electrons. The third-order valence-corrected chi connectivity index (χ3v) is 6.33. The number of carbonyl (C=O) groups is 2. The van der Waals surface area contributed by atoms with Crippen molar-refractivity contribution in [2.24, 2.45) is 0 Å². The Bertz CT molecular complexity index is 1070. The summed E-state index contributed by atoms with van der Waals surface area (Å²) >= 11 is 0. The number of nitrogens with zero attached hydrogens (tertiary/aromatic N) is 2. The summed E-state index contributed by atoms with van der Waals surface area (Å²) in [6, 6.07) is 13.5. The topological polar surface area (TPSA) is 96.0 Å². The molecule has 0 unspecified atom stereocenters. The van der Waals surface area contributed by atoms with Gasteiger partial charge in [0.05, 0.1) is 19.1 Å². The van der Waals surface area contributed by atoms with Crippen LogP contribution in [0.3, 0.4) is 0 Å². The molecule has 1 N–H and O–H groups in total. The highest BCUT2D eigenvalue weighted by Gasteiger charge is 2.32. The Balaban J connectivity index is 2.47. The number of amides is 2. The standard InChI is InChI=1S/C24H33N3O5S/c1-6-20(24(29)25-7-2)26(16-19-12-10-11-18(3)15-19)23(28)17-27(33(5,30)31)21-13-8-9-14-22(21)32-4/h8-15,20H,6-7,16-17H2,1-5H3,(H,25,29)/t20-/m0/s1. The molecule has 0 aliphatic rings. The zero-order valence-corrected chi connectivity index (χ0v) is 20.7. The van der Waals surface area contributed by atoms with Crippen molar-refractivity contribution in [2.75, 3.05) is 30.8 Å². The predicted octanol–water partition coefficient (Wildman–Crippen LogP) is 2.71. The first-order chi connectivity index (χ1) is 15.6. The van der Waals surface area contributed by atoms with Crippen molar-refractivity contribution in [1.29, 1.82) is 0 Å². The normalized spacial score (nSPS) is 12.0. The van der Waals surface area contributed by atoms with Crippen LogP contribution in [-0.4, -0.2) is 57.6 Å². The van der Waals surface area contributed by atoms with Crippen LogP contribution >= 0.6 is 0 Å². The van der Waals surface area contributed by atoms with E-state index < -0.39 is 28.5 Å². The fraction of sp³-hybridized carbons (Fsp3) is 0.417. The zero-order valence-electron chi connectivity index (χ0n) is 19.9. The number of methoxy groups -OCH3 is 1. The lowest BCUT2D eigenvalue weighted by Gasteiger charge is -2.33. The quantitative estimate of drug-likeness (QED) is 0.539. The van der Waals surface area contributed by atoms with Gasteiger partial charge >= 0.3 is 0 Å². The van der Waals surface area contributed by atoms with E-state index in [0.29, 0.717) is 18.7 Å². The number of ether oxygens (including phenoxy) is 1. The molecule has 0 bridgehead atoms. The van der Waals surface area contributed by atoms with Crippen LogP contribution in [0.15, 0.2) is 48.5 Å². The molecule has 8 nitrogen and oxygen atoms in total. The van der Waals surface area contributed by atoms with Gasteiger partial charge in [0.15, 0.2) is 0 Å². The largest absolute Gasteiger partial charge is 0.495 e. The second-order valence-electron chi connectivity index (χ2n) is 7.77. The maximum atomic E-state index is 13.6. The van der Waals surface area contributed by atoms with Gasteiger partial charge in [-0.1, -0.05) is 48.9 Å². The van der Waals surface area contributed by atoms with Crippen LogP contribution in [0.25, 0.3) is 0 Å². The average Bonchev–Trinajstić information content (AvgIpc) is 2.76. The predicted molar refractivity (Wildman–Crippen MR) is 130 cm³/mol. The summed E-state index contributed by atoms with van der Waals surface area (Å²) in [4.78, 5) is 27.8. The number of sulfonamides is 1. The zero-order chi connectivity index (χ0) is 24.6. The number of carbonyl (C=O) groups excluding carboxylic acids is 2. The van der Waals surface area contributed by atoms with E-state index in [4.69, 9.17) is 4.74 Å². The molecule has 0 aliphatic carbocycles. The SMILES string of the molecule is CCNC(=O)[C@H](CC)N(Cc1cccc(C)c1)C(=O)CN(c1ccccc1OC)S(C)(=O)=O. The van der Waals surface area contributed by atoms with E-state index in [-0.39, 0.29) is 18.1 Å². The van der Waals surface area contributed by atoms with E-state index in [2.05, 4.69) is 5.32 Å². The molecule has 0 fully saturated rings. The first-order valence-electron chi connectivity index (χ1n) is 10.9. The number of aryl methyl sites for hydroxylation is 1. The van der Waals surface area contributed by atoms with Crippen LogP contribution in [-0.2, 0) is 26.2 Å². The van der Waals surface area contributed by atoms with Crippen molar-refractivity contribution in [1.82, 2.24) is 10.2 Å². The molecule has 2 amide bonds. The summed E-state index contributed by atoms with van der Waals surface area (Å²) in [6.07, 6.45) is 1.43. The number of likely N-dealkylation sites (N-methyl/N-ethyl adjacent to an activating group) is 1. The molecule has 2 aromatic carbocycles. The van der Waals surface area contributed by atoms with Gasteiger partial charge in [-0.3, -0.25) is 13.9 Å². The number of hydrogen-bond acceptors (Lipinski definition) is 5. The van der Waals surface area contributed by atoms with Crippen LogP contribution in [0.5, 0.6) is 5.75 Å². The first-order valence-corrected chi connectivity index (χ1v) is 12.7. The highest BCUT2D eigenvalue weighted by Crippen LogP contribution is 2.29. The summed E-state index contributed by atoms with van der Waals surface area (Å²) in [6.45, 7) is 5.73. The monoisotopic (exact) mass is 475 g/mol. The number of rotatable bonds is 11. The van der Waals surface area contributed by atoms with Gasteiger partial charge in [-0.15, -0.1) is 0 Å². The highest BCUT2D eigenvalue weighted by atomic mass is 32.2. The highest BCUT2D eigenvalue weighted by molar-refractivity contribution is 7.92. The fourth-order valence-corrected chi connectivity index (χ4v) is 4.50. The molecule has 33 heavy (non-hydrogen) atoms. The molecule has 0 saturated carbocycles. The van der Waals surface area contributed by atoms with E-state index in [1.807, 2.05) is 45.0 Å². The maximum absolute atomic E-state index is 13.6. The Kier molecular flexibility index (Phi) is 9.28. The second-order valence-corrected chi connectivity index (χ2v) is 9.68. The molecular formula is C24H33N3O5S. The summed E-state index contributed by atoms with van der Waals surface area (Å²) in [7, 11) is -2.38. The van der Waals surface area contributed by atoms with Gasteiger partial charge in [0.1, 0.15) is 18.3 Å². The number of para-hydroxylation sites is 2. The average molecular weight is 476 g/mol. The molecule has 2 aromatic rings. The number of nitrogens with one attached hydrogen (secondary N) is 1. The Morgan fingerprint density at radius 1 is 1.09 bits per heavy atom. The van der Waals surface area contributed by atoms with Crippen LogP contribution in [0.4, 0.5) is 5.69 Å². The molecule has 2 rings (SSSR count). The lowest BCUT2D eigenvalue weighted by atomic mass is 10.1. The first kappa shape index (κ1) is 26.2. The smallest absolute Gasteiger partial charge is 0.244 e. The van der Waals surface area contributed by atoms with E-state index >= 15 is 0 Å². The minimum atomic E-state index is -3.82. The van der Waals surface area contributed by atoms with Gasteiger partial charge in [0, 0.05) is 13.1 Å². The van der Waals surface area contributed by atoms with Crippen LogP contribution < -0.4 is 14.4 Å². The van der Waals surface area contributed by atoms with Crippen molar-refractivity contribution in [3.05, 3.63) is 59.7 Å². The fourth-order valence-electron chi connectivity index (χ4n) is 3.65. The maximum Gasteiger partial charge on any atom is 0.244 e. The molecule has 0 aliphatic heterocycles. The Morgan fingerprint density at radius 3 is 2.36 bits per heavy atom. The van der Waals surface area contributed by atoms with Crippen molar-refractivity contribution in [3.63, 3.8) is 0 Å². The molecule has 0 saturated heterocycles. The van der Waals surface area contributed by atoms with Crippen LogP contribution in [0.2, 0.25) is 0 Å². The van der Waals surface area contributed by atoms with Gasteiger partial charge in [-0.25, -0.2) is 8.42 Å².